The summed E-state index contributed by atoms with van der Waals surface area (Å²) in [5, 5.41) is 7.26. The van der Waals surface area contributed by atoms with E-state index in [9.17, 15) is 9.59 Å². The number of anilines is 1. The van der Waals surface area contributed by atoms with Crippen LogP contribution in [0.5, 0.6) is 0 Å². The maximum absolute atomic E-state index is 13.0. The van der Waals surface area contributed by atoms with Crippen LogP contribution in [0.25, 0.3) is 22.3 Å². The van der Waals surface area contributed by atoms with Gasteiger partial charge in [-0.1, -0.05) is 24.3 Å². The molecule has 3 fully saturated rings. The van der Waals surface area contributed by atoms with E-state index in [2.05, 4.69) is 56.3 Å². The van der Waals surface area contributed by atoms with Crippen LogP contribution in [0.15, 0.2) is 53.4 Å². The first-order chi connectivity index (χ1) is 18.5. The lowest BCUT2D eigenvalue weighted by Gasteiger charge is -2.38. The van der Waals surface area contributed by atoms with Crippen molar-refractivity contribution in [1.29, 1.82) is 0 Å². The standard InChI is InChI=1S/C31H36N4O2S/c32-31(13-2-14-31)24-8-6-22(7-9-24)27-19-33-28(18-26(27)23-12-16-38-20-23)34-29(36)17-21-4-10-25(11-5-21)35-15-1-3-30(35)37/h6-9,12,16,18-21,25H,1-5,10-11,13-15,17,32H2,(H,33,34,36). The Morgan fingerprint density at radius 1 is 1.05 bits per heavy atom. The average molecular weight is 529 g/mol. The molecule has 3 aromatic rings. The van der Waals surface area contributed by atoms with Gasteiger partial charge in [-0.15, -0.1) is 0 Å². The van der Waals surface area contributed by atoms with Gasteiger partial charge in [0.25, 0.3) is 0 Å². The van der Waals surface area contributed by atoms with Crippen molar-refractivity contribution in [2.45, 2.75) is 75.8 Å². The first-order valence-corrected chi connectivity index (χ1v) is 14.9. The third-order valence-electron chi connectivity index (χ3n) is 8.86. The van der Waals surface area contributed by atoms with Gasteiger partial charge in [0.15, 0.2) is 0 Å². The van der Waals surface area contributed by atoms with Gasteiger partial charge in [-0.25, -0.2) is 4.98 Å². The summed E-state index contributed by atoms with van der Waals surface area (Å²) in [5.74, 6) is 1.27. The molecule has 1 saturated heterocycles. The Balaban J connectivity index is 1.13. The van der Waals surface area contributed by atoms with Crippen LogP contribution >= 0.6 is 11.3 Å². The zero-order valence-corrected chi connectivity index (χ0v) is 22.6. The van der Waals surface area contributed by atoms with Gasteiger partial charge >= 0.3 is 0 Å². The molecule has 2 saturated carbocycles. The molecule has 6 nitrogen and oxygen atoms in total. The molecule has 198 valence electrons. The molecular formula is C31H36N4O2S. The summed E-state index contributed by atoms with van der Waals surface area (Å²) in [7, 11) is 0. The number of rotatable bonds is 7. The molecule has 0 spiro atoms. The van der Waals surface area contributed by atoms with E-state index in [0.717, 1.165) is 73.7 Å². The summed E-state index contributed by atoms with van der Waals surface area (Å²) >= 11 is 1.66. The molecule has 2 aromatic heterocycles. The summed E-state index contributed by atoms with van der Waals surface area (Å²) in [5.41, 5.74) is 11.9. The van der Waals surface area contributed by atoms with Crippen LogP contribution in [0.4, 0.5) is 5.82 Å². The molecule has 1 aromatic carbocycles. The Hall–Kier alpha value is -3.03. The molecule has 2 aliphatic carbocycles. The minimum Gasteiger partial charge on any atom is -0.340 e. The van der Waals surface area contributed by atoms with Gasteiger partial charge in [-0.05, 0) is 102 Å². The third-order valence-corrected chi connectivity index (χ3v) is 9.54. The van der Waals surface area contributed by atoms with Gasteiger partial charge in [0.05, 0.1) is 0 Å². The molecule has 6 rings (SSSR count). The number of nitrogens with two attached hydrogens (primary N) is 1. The van der Waals surface area contributed by atoms with Crippen molar-refractivity contribution in [3.8, 4) is 22.3 Å². The van der Waals surface area contributed by atoms with Crippen molar-refractivity contribution < 1.29 is 9.59 Å². The van der Waals surface area contributed by atoms with Gasteiger partial charge in [0.2, 0.25) is 11.8 Å². The Labute approximate surface area is 228 Å². The minimum atomic E-state index is -0.175. The highest BCUT2D eigenvalue weighted by molar-refractivity contribution is 7.08. The van der Waals surface area contributed by atoms with E-state index in [0.29, 0.717) is 36.5 Å². The number of nitrogens with one attached hydrogen (secondary N) is 1. The summed E-state index contributed by atoms with van der Waals surface area (Å²) in [6.07, 6.45) is 11.3. The normalized spacial score (nSPS) is 22.8. The summed E-state index contributed by atoms with van der Waals surface area (Å²) in [4.78, 5) is 31.8. The first-order valence-electron chi connectivity index (χ1n) is 14.0. The van der Waals surface area contributed by atoms with E-state index >= 15 is 0 Å². The first kappa shape index (κ1) is 25.3. The maximum atomic E-state index is 13.0. The Morgan fingerprint density at radius 3 is 2.47 bits per heavy atom. The SMILES string of the molecule is NC1(c2ccc(-c3cnc(NC(=O)CC4CCC(N5CCCC5=O)CC4)cc3-c3ccsc3)cc2)CCC1. The van der Waals surface area contributed by atoms with Crippen LogP contribution in [0, 0.1) is 5.92 Å². The van der Waals surface area contributed by atoms with Crippen molar-refractivity contribution in [3.63, 3.8) is 0 Å². The van der Waals surface area contributed by atoms with Gasteiger partial charge in [0.1, 0.15) is 5.82 Å². The maximum Gasteiger partial charge on any atom is 0.225 e. The molecular weight excluding hydrogens is 492 g/mol. The molecule has 0 radical (unpaired) electrons. The molecule has 0 unspecified atom stereocenters. The predicted octanol–water partition coefficient (Wildman–Crippen LogP) is 6.32. The number of benzene rings is 1. The van der Waals surface area contributed by atoms with E-state index in [1.807, 2.05) is 12.3 Å². The van der Waals surface area contributed by atoms with Crippen LogP contribution < -0.4 is 11.1 Å². The highest BCUT2D eigenvalue weighted by Crippen LogP contribution is 2.40. The van der Waals surface area contributed by atoms with Crippen molar-refractivity contribution >= 4 is 29.0 Å². The van der Waals surface area contributed by atoms with Gasteiger partial charge in [-0.3, -0.25) is 9.59 Å². The molecule has 0 bridgehead atoms. The van der Waals surface area contributed by atoms with E-state index in [4.69, 9.17) is 5.73 Å². The second-order valence-corrected chi connectivity index (χ2v) is 12.1. The van der Waals surface area contributed by atoms with E-state index in [1.54, 1.807) is 11.3 Å². The second-order valence-electron chi connectivity index (χ2n) is 11.3. The largest absolute Gasteiger partial charge is 0.340 e. The Kier molecular flexibility index (Phi) is 7.06. The van der Waals surface area contributed by atoms with Gasteiger partial charge in [-0.2, -0.15) is 11.3 Å². The third kappa shape index (κ3) is 5.14. The number of pyridine rings is 1. The van der Waals surface area contributed by atoms with E-state index in [-0.39, 0.29) is 11.4 Å². The minimum absolute atomic E-state index is 0.0142. The average Bonchev–Trinajstić information content (AvgIpc) is 3.60. The van der Waals surface area contributed by atoms with Crippen molar-refractivity contribution in [2.24, 2.45) is 11.7 Å². The van der Waals surface area contributed by atoms with Crippen LogP contribution in [0.1, 0.15) is 69.8 Å². The Morgan fingerprint density at radius 2 is 1.84 bits per heavy atom. The topological polar surface area (TPSA) is 88.3 Å². The lowest BCUT2D eigenvalue weighted by atomic mass is 9.72. The number of hydrogen-bond acceptors (Lipinski definition) is 5. The predicted molar refractivity (Wildman–Crippen MR) is 153 cm³/mol. The number of likely N-dealkylation sites (tertiary alicyclic amines) is 1. The lowest BCUT2D eigenvalue weighted by Crippen LogP contribution is -2.43. The zero-order chi connectivity index (χ0) is 26.1. The van der Waals surface area contributed by atoms with Crippen LogP contribution in [-0.4, -0.2) is 34.3 Å². The number of nitrogens with zero attached hydrogens (tertiary/aromatic N) is 2. The van der Waals surface area contributed by atoms with E-state index in [1.165, 1.54) is 12.0 Å². The van der Waals surface area contributed by atoms with Crippen LogP contribution in [-0.2, 0) is 15.1 Å². The summed E-state index contributed by atoms with van der Waals surface area (Å²) < 4.78 is 0. The lowest BCUT2D eigenvalue weighted by molar-refractivity contribution is -0.130. The highest BCUT2D eigenvalue weighted by atomic mass is 32.1. The fourth-order valence-corrected chi connectivity index (χ4v) is 7.07. The summed E-state index contributed by atoms with van der Waals surface area (Å²) in [6.45, 7) is 0.903. The fourth-order valence-electron chi connectivity index (χ4n) is 6.41. The number of amides is 2. The zero-order valence-electron chi connectivity index (χ0n) is 21.8. The quantitative estimate of drug-likeness (QED) is 0.375. The highest BCUT2D eigenvalue weighted by Gasteiger charge is 2.34. The van der Waals surface area contributed by atoms with E-state index < -0.39 is 0 Å². The molecule has 3 N–H and O–H groups in total. The number of carbonyl (C=O) groups excluding carboxylic acids is 2. The molecule has 3 heterocycles. The van der Waals surface area contributed by atoms with Crippen molar-refractivity contribution in [3.05, 3.63) is 58.9 Å². The number of carbonyl (C=O) groups is 2. The number of hydrogen-bond donors (Lipinski definition) is 2. The molecule has 0 atom stereocenters. The Bertz CT molecular complexity index is 1290. The monoisotopic (exact) mass is 528 g/mol. The number of aromatic nitrogens is 1. The molecule has 2 amide bonds. The van der Waals surface area contributed by atoms with Crippen LogP contribution in [0.3, 0.4) is 0 Å². The van der Waals surface area contributed by atoms with Crippen molar-refractivity contribution in [2.75, 3.05) is 11.9 Å². The van der Waals surface area contributed by atoms with Gasteiger partial charge < -0.3 is 16.0 Å². The molecule has 7 heteroatoms. The smallest absolute Gasteiger partial charge is 0.225 e. The second kappa shape index (κ2) is 10.6. The van der Waals surface area contributed by atoms with Crippen LogP contribution in [0.2, 0.25) is 0 Å². The van der Waals surface area contributed by atoms with Crippen molar-refractivity contribution in [1.82, 2.24) is 9.88 Å². The number of thiophene rings is 1. The summed E-state index contributed by atoms with van der Waals surface area (Å²) in [6, 6.07) is 13.0. The molecule has 3 aliphatic rings. The fraction of sp³-hybridized carbons (Fsp3) is 0.452. The van der Waals surface area contributed by atoms with Gasteiger partial charge in [0, 0.05) is 42.7 Å². The molecule has 38 heavy (non-hydrogen) atoms. The molecule has 1 aliphatic heterocycles.